The van der Waals surface area contributed by atoms with Gasteiger partial charge >= 0.3 is 21.3 Å². The molecule has 0 radical (unpaired) electrons. The minimum Gasteiger partial charge on any atom is -0.489 e. The monoisotopic (exact) mass is 747 g/mol. The number of allylic oxidation sites excluding steroid dienone is 1. The van der Waals surface area contributed by atoms with Gasteiger partial charge in [-0.1, -0.05) is 72.4 Å². The number of alkyl halides is 2. The van der Waals surface area contributed by atoms with Crippen LogP contribution in [0, 0.1) is 17.3 Å². The Kier molecular flexibility index (Phi) is 8.44. The number of carbonyl (C=O) groups excluding carboxylic acids is 2. The van der Waals surface area contributed by atoms with Crippen molar-refractivity contribution in [3.63, 3.8) is 0 Å². The summed E-state index contributed by atoms with van der Waals surface area (Å²) in [5.74, 6) is -2.11. The van der Waals surface area contributed by atoms with Crippen LogP contribution in [0.3, 0.4) is 0 Å². The van der Waals surface area contributed by atoms with Crippen LogP contribution in [-0.4, -0.2) is 35.6 Å². The van der Waals surface area contributed by atoms with E-state index in [1.807, 2.05) is 54.2 Å². The van der Waals surface area contributed by atoms with Crippen LogP contribution in [0.1, 0.15) is 43.2 Å². The SMILES string of the molecule is O=C1C2CC3CC(OC(=O)C(F)(F)S(=O)(=O)O)(C2)CC1(/C=C/c1ccc(COc2ccc([S+]4c5ccccc5Sc5ccccc54)cc2)cc1)C3. The standard InChI is InChI=1S/C39H32F2O7S3/c40-39(41,51(44,45)46)36(43)48-38-21-27-19-28(22-38)35(42)37(20-27,24-38)18-17-25-9-11-26(12-10-25)23-47-29-13-15-30(16-14-29)50-33-7-3-1-5-31(33)49-32-6-2-4-8-34(32)50/h1-18,27-28H,19-24H2/p+1/b18-17+. The van der Waals surface area contributed by atoms with E-state index in [-0.39, 0.29) is 41.9 Å². The van der Waals surface area contributed by atoms with E-state index in [0.29, 0.717) is 19.4 Å². The summed E-state index contributed by atoms with van der Waals surface area (Å²) in [6, 6.07) is 33.1. The molecule has 0 aromatic heterocycles. The fourth-order valence-corrected chi connectivity index (χ4v) is 12.3. The van der Waals surface area contributed by atoms with Crippen molar-refractivity contribution in [1.29, 1.82) is 0 Å². The van der Waals surface area contributed by atoms with Crippen LogP contribution in [0.5, 0.6) is 5.75 Å². The number of carbonyl (C=O) groups is 2. The van der Waals surface area contributed by atoms with Gasteiger partial charge in [-0.05, 0) is 91.3 Å². The van der Waals surface area contributed by atoms with Crippen molar-refractivity contribution in [2.45, 2.75) is 74.0 Å². The van der Waals surface area contributed by atoms with E-state index in [9.17, 15) is 26.8 Å². The highest BCUT2D eigenvalue weighted by Gasteiger charge is 2.65. The predicted molar refractivity (Wildman–Crippen MR) is 188 cm³/mol. The molecule has 4 bridgehead atoms. The van der Waals surface area contributed by atoms with E-state index >= 15 is 0 Å². The second kappa shape index (κ2) is 12.6. The highest BCUT2D eigenvalue weighted by atomic mass is 32.2. The van der Waals surface area contributed by atoms with Crippen LogP contribution >= 0.6 is 11.8 Å². The van der Waals surface area contributed by atoms with E-state index in [1.165, 1.54) is 24.5 Å². The summed E-state index contributed by atoms with van der Waals surface area (Å²) in [5.41, 5.74) is -0.656. The summed E-state index contributed by atoms with van der Waals surface area (Å²) in [7, 11) is -6.22. The van der Waals surface area contributed by atoms with Gasteiger partial charge in [-0.25, -0.2) is 4.79 Å². The number of fused-ring (bicyclic) bond motifs is 2. The summed E-state index contributed by atoms with van der Waals surface area (Å²) in [4.78, 5) is 32.2. The summed E-state index contributed by atoms with van der Waals surface area (Å²) >= 11 is 1.81. The Morgan fingerprint density at radius 3 is 2.22 bits per heavy atom. The van der Waals surface area contributed by atoms with Gasteiger partial charge in [-0.3, -0.25) is 9.35 Å². The number of hydrogen-bond donors (Lipinski definition) is 1. The minimum absolute atomic E-state index is 0.0143. The lowest BCUT2D eigenvalue weighted by Gasteiger charge is -2.59. The molecule has 4 aromatic rings. The zero-order valence-corrected chi connectivity index (χ0v) is 29.6. The molecule has 262 valence electrons. The largest absolute Gasteiger partial charge is 0.489 e. The van der Waals surface area contributed by atoms with Gasteiger partial charge in [0.15, 0.2) is 14.7 Å². The number of benzene rings is 4. The Labute approximate surface area is 301 Å². The Bertz CT molecular complexity index is 2130. The number of ether oxygens (including phenoxy) is 2. The summed E-state index contributed by atoms with van der Waals surface area (Å²) in [6.07, 6.45) is 4.98. The molecule has 7 nitrogen and oxygen atoms in total. The molecule has 5 aliphatic rings. The van der Waals surface area contributed by atoms with Crippen LogP contribution < -0.4 is 4.74 Å². The van der Waals surface area contributed by atoms with Gasteiger partial charge in [-0.2, -0.15) is 17.2 Å². The average Bonchev–Trinajstić information content (AvgIpc) is 3.11. The number of hydrogen-bond acceptors (Lipinski definition) is 7. The van der Waals surface area contributed by atoms with Gasteiger partial charge in [0.25, 0.3) is 0 Å². The maximum Gasteiger partial charge on any atom is 0.465 e. The quantitative estimate of drug-likeness (QED) is 0.0911. The number of rotatable bonds is 9. The summed E-state index contributed by atoms with van der Waals surface area (Å²) < 4.78 is 70.7. The first-order valence-electron chi connectivity index (χ1n) is 16.6. The lowest BCUT2D eigenvalue weighted by Crippen LogP contribution is -2.62. The highest BCUT2D eigenvalue weighted by molar-refractivity contribution is 8.04. The lowest BCUT2D eigenvalue weighted by atomic mass is 9.47. The van der Waals surface area contributed by atoms with E-state index in [0.717, 1.165) is 16.9 Å². The molecule has 1 N–H and O–H groups in total. The number of Topliss-reactive ketones (excluding diaryl/α,β-unsaturated/α-hetero) is 1. The zero-order chi connectivity index (χ0) is 35.6. The average molecular weight is 748 g/mol. The second-order valence-corrected chi connectivity index (χ2v) is 18.3. The van der Waals surface area contributed by atoms with Crippen molar-refractivity contribution in [3.05, 3.63) is 114 Å². The summed E-state index contributed by atoms with van der Waals surface area (Å²) in [6.45, 7) is 0.352. The van der Waals surface area contributed by atoms with E-state index < -0.39 is 38.3 Å². The molecular weight excluding hydrogens is 715 g/mol. The molecule has 1 aliphatic heterocycles. The smallest absolute Gasteiger partial charge is 0.465 e. The molecule has 4 unspecified atom stereocenters. The van der Waals surface area contributed by atoms with E-state index in [1.54, 1.807) is 6.08 Å². The lowest BCUT2D eigenvalue weighted by molar-refractivity contribution is -0.207. The Hall–Kier alpha value is -3.97. The Balaban J connectivity index is 0.934. The fraction of sp³-hybridized carbons (Fsp3) is 0.282. The molecule has 12 heteroatoms. The van der Waals surface area contributed by atoms with Crippen molar-refractivity contribution in [1.82, 2.24) is 0 Å². The van der Waals surface area contributed by atoms with Gasteiger partial charge in [0.2, 0.25) is 0 Å². The highest BCUT2D eigenvalue weighted by Crippen LogP contribution is 2.62. The van der Waals surface area contributed by atoms with E-state index in [2.05, 4.69) is 60.7 Å². The maximum atomic E-state index is 14.1. The number of esters is 1. The van der Waals surface area contributed by atoms with Crippen LogP contribution in [0.25, 0.3) is 6.08 Å². The van der Waals surface area contributed by atoms with Gasteiger partial charge in [0.05, 0.1) is 15.2 Å². The van der Waals surface area contributed by atoms with Crippen molar-refractivity contribution in [2.24, 2.45) is 17.3 Å². The van der Waals surface area contributed by atoms with Crippen molar-refractivity contribution < 1.29 is 40.8 Å². The first-order valence-corrected chi connectivity index (χ1v) is 20.1. The van der Waals surface area contributed by atoms with Gasteiger partial charge in [-0.15, -0.1) is 0 Å². The van der Waals surface area contributed by atoms with Crippen LogP contribution in [0.15, 0.2) is 128 Å². The predicted octanol–water partition coefficient (Wildman–Crippen LogP) is 8.38. The third-order valence-corrected chi connectivity index (χ3v) is 14.9. The Morgan fingerprint density at radius 1 is 0.922 bits per heavy atom. The first-order chi connectivity index (χ1) is 24.3. The minimum atomic E-state index is -6.00. The Morgan fingerprint density at radius 2 is 1.57 bits per heavy atom. The second-order valence-electron chi connectivity index (χ2n) is 13.8. The normalized spacial score (nSPS) is 25.4. The fourth-order valence-electron chi connectivity index (χ4n) is 8.29. The molecule has 0 amide bonds. The van der Waals surface area contributed by atoms with Gasteiger partial charge in [0, 0.05) is 12.3 Å². The van der Waals surface area contributed by atoms with Gasteiger partial charge < -0.3 is 9.47 Å². The third kappa shape index (κ3) is 6.19. The third-order valence-electron chi connectivity index (χ3n) is 10.3. The van der Waals surface area contributed by atoms with Crippen molar-refractivity contribution in [2.75, 3.05) is 0 Å². The van der Waals surface area contributed by atoms with E-state index in [4.69, 9.17) is 14.0 Å². The topological polar surface area (TPSA) is 107 Å². The molecule has 4 atom stereocenters. The zero-order valence-electron chi connectivity index (χ0n) is 27.2. The molecule has 9 rings (SSSR count). The first kappa shape index (κ1) is 34.1. The molecule has 1 heterocycles. The summed E-state index contributed by atoms with van der Waals surface area (Å²) in [5, 5.41) is -5.09. The molecule has 0 saturated heterocycles. The van der Waals surface area contributed by atoms with Crippen molar-refractivity contribution in [3.8, 4) is 5.75 Å². The molecule has 51 heavy (non-hydrogen) atoms. The number of halogens is 2. The number of ketones is 1. The molecule has 4 fully saturated rings. The molecule has 4 aromatic carbocycles. The molecule has 0 spiro atoms. The van der Waals surface area contributed by atoms with Crippen molar-refractivity contribution >= 4 is 50.6 Å². The molecular formula is C39H33F2O7S3+. The molecule has 4 aliphatic carbocycles. The molecule has 4 saturated carbocycles. The maximum absolute atomic E-state index is 14.1. The van der Waals surface area contributed by atoms with Crippen LogP contribution in [0.4, 0.5) is 8.78 Å². The van der Waals surface area contributed by atoms with Gasteiger partial charge in [0.1, 0.15) is 34.6 Å². The van der Waals surface area contributed by atoms with Crippen LogP contribution in [-0.2, 0) is 41.9 Å². The van der Waals surface area contributed by atoms with Crippen LogP contribution in [0.2, 0.25) is 0 Å².